The molecule has 0 spiro atoms. The number of carbonyl (C=O) groups excluding carboxylic acids is 3. The second kappa shape index (κ2) is 7.11. The van der Waals surface area contributed by atoms with Crippen LogP contribution in [0.4, 0.5) is 4.39 Å². The molecule has 0 fully saturated rings. The van der Waals surface area contributed by atoms with Crippen molar-refractivity contribution in [1.29, 1.82) is 0 Å². The standard InChI is InChI=1S/C19H16BrFN2O4/c1-3-8-19(18(26)27-2)17(25)22(16(24)15-5-4-9-23(15)19)11-12-6-7-13(20)10-14(12)21/h3-7,9-10H,1,8,11H2,2H3/t19-/m0/s1. The minimum Gasteiger partial charge on any atom is -0.467 e. The number of benzene rings is 1. The molecule has 1 aromatic carbocycles. The molecule has 1 aliphatic rings. The van der Waals surface area contributed by atoms with E-state index in [1.165, 1.54) is 42.1 Å². The van der Waals surface area contributed by atoms with Crippen molar-refractivity contribution in [2.45, 2.75) is 18.5 Å². The molecule has 0 bridgehead atoms. The molecule has 8 heteroatoms. The number of amides is 2. The fourth-order valence-corrected chi connectivity index (χ4v) is 3.57. The van der Waals surface area contributed by atoms with Gasteiger partial charge in [-0.1, -0.05) is 28.1 Å². The Kier molecular flexibility index (Phi) is 5.01. The first-order valence-electron chi connectivity index (χ1n) is 8.04. The molecule has 140 valence electrons. The molecule has 0 aliphatic carbocycles. The quantitative estimate of drug-likeness (QED) is 0.314. The molecule has 0 saturated carbocycles. The largest absolute Gasteiger partial charge is 0.467 e. The lowest BCUT2D eigenvalue weighted by Crippen LogP contribution is -2.61. The summed E-state index contributed by atoms with van der Waals surface area (Å²) in [5.41, 5.74) is -1.51. The van der Waals surface area contributed by atoms with E-state index in [0.29, 0.717) is 4.47 Å². The van der Waals surface area contributed by atoms with Crippen LogP contribution in [0.25, 0.3) is 0 Å². The molecule has 2 aromatic rings. The average molecular weight is 435 g/mol. The summed E-state index contributed by atoms with van der Waals surface area (Å²) in [4.78, 5) is 39.7. The topological polar surface area (TPSA) is 68.6 Å². The van der Waals surface area contributed by atoms with E-state index in [9.17, 15) is 18.8 Å². The third kappa shape index (κ3) is 2.90. The van der Waals surface area contributed by atoms with Gasteiger partial charge in [-0.25, -0.2) is 9.18 Å². The summed E-state index contributed by atoms with van der Waals surface area (Å²) in [6.45, 7) is 3.31. The predicted molar refractivity (Wildman–Crippen MR) is 98.2 cm³/mol. The summed E-state index contributed by atoms with van der Waals surface area (Å²) in [5, 5.41) is 0. The van der Waals surface area contributed by atoms with Crippen LogP contribution in [0, 0.1) is 5.82 Å². The van der Waals surface area contributed by atoms with Crippen molar-refractivity contribution in [1.82, 2.24) is 9.47 Å². The number of rotatable bonds is 5. The molecule has 0 N–H and O–H groups in total. The number of imide groups is 1. The second-order valence-electron chi connectivity index (χ2n) is 6.04. The summed E-state index contributed by atoms with van der Waals surface area (Å²) >= 11 is 3.17. The lowest BCUT2D eigenvalue weighted by atomic mass is 9.89. The molecule has 0 unspecified atom stereocenters. The van der Waals surface area contributed by atoms with Crippen LogP contribution in [-0.4, -0.2) is 34.4 Å². The van der Waals surface area contributed by atoms with Crippen LogP contribution in [0.2, 0.25) is 0 Å². The zero-order valence-electron chi connectivity index (χ0n) is 14.4. The molecule has 1 atom stereocenters. The smallest absolute Gasteiger partial charge is 0.342 e. The number of allylic oxidation sites excluding steroid dienone is 1. The van der Waals surface area contributed by atoms with Gasteiger partial charge in [0.05, 0.1) is 13.7 Å². The van der Waals surface area contributed by atoms with Crippen LogP contribution in [0.3, 0.4) is 0 Å². The van der Waals surface area contributed by atoms with Crippen LogP contribution >= 0.6 is 15.9 Å². The fourth-order valence-electron chi connectivity index (χ4n) is 3.24. The summed E-state index contributed by atoms with van der Waals surface area (Å²) in [6, 6.07) is 7.39. The number of ether oxygens (including phenoxy) is 1. The van der Waals surface area contributed by atoms with Gasteiger partial charge in [0.15, 0.2) is 0 Å². The van der Waals surface area contributed by atoms with Gasteiger partial charge in [-0.2, -0.15) is 0 Å². The van der Waals surface area contributed by atoms with E-state index >= 15 is 0 Å². The van der Waals surface area contributed by atoms with E-state index in [1.807, 2.05) is 0 Å². The number of methoxy groups -OCH3 is 1. The Labute approximate surface area is 163 Å². The SMILES string of the molecule is C=CC[C@@]1(C(=O)OC)C(=O)N(Cc2ccc(Br)cc2F)C(=O)c2cccn21. The van der Waals surface area contributed by atoms with Gasteiger partial charge in [-0.15, -0.1) is 6.58 Å². The minimum atomic E-state index is -1.80. The summed E-state index contributed by atoms with van der Waals surface area (Å²) in [6.07, 6.45) is 2.81. The zero-order chi connectivity index (χ0) is 19.8. The highest BCUT2D eigenvalue weighted by Gasteiger charge is 2.56. The Hall–Kier alpha value is -2.74. The van der Waals surface area contributed by atoms with Crippen molar-refractivity contribution in [3.63, 3.8) is 0 Å². The maximum Gasteiger partial charge on any atom is 0.342 e. The fraction of sp³-hybridized carbons (Fsp3) is 0.211. The molecule has 2 heterocycles. The van der Waals surface area contributed by atoms with Gasteiger partial charge >= 0.3 is 5.97 Å². The van der Waals surface area contributed by atoms with E-state index < -0.39 is 29.1 Å². The van der Waals surface area contributed by atoms with Gasteiger partial charge in [0.1, 0.15) is 11.5 Å². The van der Waals surface area contributed by atoms with E-state index in [-0.39, 0.29) is 24.2 Å². The van der Waals surface area contributed by atoms with Crippen molar-refractivity contribution in [3.8, 4) is 0 Å². The molecule has 2 amide bonds. The van der Waals surface area contributed by atoms with Gasteiger partial charge < -0.3 is 9.30 Å². The highest BCUT2D eigenvalue weighted by molar-refractivity contribution is 9.10. The van der Waals surface area contributed by atoms with Crippen LogP contribution in [0.1, 0.15) is 22.5 Å². The summed E-state index contributed by atoms with van der Waals surface area (Å²) < 4.78 is 21.0. The second-order valence-corrected chi connectivity index (χ2v) is 6.96. The first kappa shape index (κ1) is 19.0. The first-order valence-corrected chi connectivity index (χ1v) is 8.83. The number of fused-ring (bicyclic) bond motifs is 1. The lowest BCUT2D eigenvalue weighted by Gasteiger charge is -2.40. The van der Waals surface area contributed by atoms with Crippen LogP contribution in [0.5, 0.6) is 0 Å². The van der Waals surface area contributed by atoms with Gasteiger partial charge in [0.2, 0.25) is 5.54 Å². The van der Waals surface area contributed by atoms with Crippen molar-refractivity contribution >= 4 is 33.7 Å². The average Bonchev–Trinajstić information content (AvgIpc) is 3.13. The molecular weight excluding hydrogens is 419 g/mol. The molecule has 6 nitrogen and oxygen atoms in total. The third-order valence-corrected chi connectivity index (χ3v) is 5.02. The van der Waals surface area contributed by atoms with Crippen molar-refractivity contribution < 1.29 is 23.5 Å². The molecular formula is C19H16BrFN2O4. The predicted octanol–water partition coefficient (Wildman–Crippen LogP) is 3.02. The lowest BCUT2D eigenvalue weighted by molar-refractivity contribution is -0.161. The number of halogens is 2. The maximum absolute atomic E-state index is 14.3. The van der Waals surface area contributed by atoms with Gasteiger partial charge in [-0.3, -0.25) is 14.5 Å². The summed E-state index contributed by atoms with van der Waals surface area (Å²) in [5.74, 6) is -2.79. The third-order valence-electron chi connectivity index (χ3n) is 4.53. The van der Waals surface area contributed by atoms with Gasteiger partial charge in [0.25, 0.3) is 11.8 Å². The molecule has 0 saturated heterocycles. The molecule has 27 heavy (non-hydrogen) atoms. The zero-order valence-corrected chi connectivity index (χ0v) is 16.0. The molecule has 1 aliphatic heterocycles. The van der Waals surface area contributed by atoms with Gasteiger partial charge in [-0.05, 0) is 24.3 Å². The molecule has 3 rings (SSSR count). The Balaban J connectivity index is 2.14. The normalized spacial score (nSPS) is 19.0. The number of nitrogens with zero attached hydrogens (tertiary/aromatic N) is 2. The van der Waals surface area contributed by atoms with E-state index in [2.05, 4.69) is 22.5 Å². The van der Waals surface area contributed by atoms with Crippen molar-refractivity contribution in [2.75, 3.05) is 7.11 Å². The van der Waals surface area contributed by atoms with E-state index in [1.54, 1.807) is 12.1 Å². The minimum absolute atomic E-state index is 0.0766. The van der Waals surface area contributed by atoms with E-state index in [4.69, 9.17) is 4.74 Å². The van der Waals surface area contributed by atoms with Crippen molar-refractivity contribution in [2.24, 2.45) is 0 Å². The maximum atomic E-state index is 14.3. The highest BCUT2D eigenvalue weighted by atomic mass is 79.9. The Morgan fingerprint density at radius 3 is 2.74 bits per heavy atom. The monoisotopic (exact) mass is 434 g/mol. The molecule has 1 aromatic heterocycles. The Morgan fingerprint density at radius 2 is 2.11 bits per heavy atom. The van der Waals surface area contributed by atoms with Crippen LogP contribution < -0.4 is 0 Å². The number of hydrogen-bond donors (Lipinski definition) is 0. The number of esters is 1. The number of hydrogen-bond acceptors (Lipinski definition) is 4. The van der Waals surface area contributed by atoms with Crippen LogP contribution in [0.15, 0.2) is 53.7 Å². The van der Waals surface area contributed by atoms with E-state index in [0.717, 1.165) is 4.90 Å². The summed E-state index contributed by atoms with van der Waals surface area (Å²) in [7, 11) is 1.17. The Morgan fingerprint density at radius 1 is 1.37 bits per heavy atom. The van der Waals surface area contributed by atoms with Gasteiger partial charge in [0, 0.05) is 22.7 Å². The first-order chi connectivity index (χ1) is 12.9. The highest BCUT2D eigenvalue weighted by Crippen LogP contribution is 2.34. The molecule has 0 radical (unpaired) electrons. The number of carbonyl (C=O) groups is 3. The van der Waals surface area contributed by atoms with Crippen LogP contribution in [-0.2, 0) is 26.4 Å². The van der Waals surface area contributed by atoms with Crippen molar-refractivity contribution in [3.05, 3.63) is 70.7 Å². The number of aromatic nitrogens is 1. The Bertz CT molecular complexity index is 955.